The molecular formula is C5H5N3O. The van der Waals surface area contributed by atoms with Gasteiger partial charge >= 0.3 is 0 Å². The van der Waals surface area contributed by atoms with Gasteiger partial charge in [-0.3, -0.25) is 4.79 Å². The Morgan fingerprint density at radius 2 is 2.78 bits per heavy atom. The molecule has 1 heterocycles. The molecule has 46 valence electrons. The molecule has 1 aromatic rings. The number of hydrogen-bond donors (Lipinski definition) is 1. The van der Waals surface area contributed by atoms with Crippen LogP contribution in [0.5, 0.6) is 0 Å². The summed E-state index contributed by atoms with van der Waals surface area (Å²) in [7, 11) is 0. The summed E-state index contributed by atoms with van der Waals surface area (Å²) in [4.78, 5) is 10.1. The number of rotatable bonds is 1. The first kappa shape index (κ1) is 4.43. The van der Waals surface area contributed by atoms with Crippen molar-refractivity contribution in [3.63, 3.8) is 0 Å². The zero-order valence-electron chi connectivity index (χ0n) is 5.53. The fourth-order valence-corrected chi connectivity index (χ4v) is 0.420. The second-order valence-electron chi connectivity index (χ2n) is 1.34. The van der Waals surface area contributed by atoms with Crippen LogP contribution >= 0.6 is 0 Å². The smallest absolute Gasteiger partial charge is 0.212 e. The van der Waals surface area contributed by atoms with Crippen molar-refractivity contribution in [2.75, 3.05) is 5.32 Å². The quantitative estimate of drug-likeness (QED) is 0.539. The summed E-state index contributed by atoms with van der Waals surface area (Å²) in [5, 5.41) is 9.17. The lowest BCUT2D eigenvalue weighted by Crippen LogP contribution is -1.96. The number of carbonyl (C=O) groups excluding carboxylic acids is 1. The van der Waals surface area contributed by atoms with E-state index in [1.165, 1.54) is 6.20 Å². The molecular weight excluding hydrogens is 118 g/mol. The third-order valence-electron chi connectivity index (χ3n) is 0.751. The van der Waals surface area contributed by atoms with Crippen LogP contribution in [0.3, 0.4) is 0 Å². The number of hydrogen-bond acceptors (Lipinski definition) is 3. The number of carbonyl (C=O) groups is 1. The van der Waals surface area contributed by atoms with Crippen LogP contribution in [0.1, 0.15) is 1.37 Å². The monoisotopic (exact) mass is 125 g/mol. The topological polar surface area (TPSA) is 54.9 Å². The Bertz CT molecular complexity index is 226. The molecule has 1 rings (SSSR count). The molecule has 0 unspecified atom stereocenters. The molecule has 0 radical (unpaired) electrons. The van der Waals surface area contributed by atoms with Gasteiger partial charge < -0.3 is 5.32 Å². The van der Waals surface area contributed by atoms with Crippen LogP contribution in [0.15, 0.2) is 18.3 Å². The lowest BCUT2D eigenvalue weighted by Gasteiger charge is -1.90. The average molecular weight is 125 g/mol. The van der Waals surface area contributed by atoms with Gasteiger partial charge in [0.1, 0.15) is 1.37 Å². The van der Waals surface area contributed by atoms with E-state index in [1.807, 2.05) is 0 Å². The Labute approximate surface area is 53.3 Å². The Morgan fingerprint density at radius 1 is 1.89 bits per heavy atom. The fraction of sp³-hybridized carbons (Fsp3) is 0. The van der Waals surface area contributed by atoms with Gasteiger partial charge in [0.2, 0.25) is 6.39 Å². The first-order chi connectivity index (χ1) is 4.79. The molecule has 4 heteroatoms. The third kappa shape index (κ3) is 1.49. The molecule has 1 amide bonds. The van der Waals surface area contributed by atoms with E-state index in [-0.39, 0.29) is 0 Å². The van der Waals surface area contributed by atoms with Gasteiger partial charge in [0.25, 0.3) is 0 Å². The van der Waals surface area contributed by atoms with Crippen LogP contribution in [0.4, 0.5) is 5.82 Å². The first-order valence-corrected chi connectivity index (χ1v) is 2.34. The summed E-state index contributed by atoms with van der Waals surface area (Å²) in [6.45, 7) is 0. The Kier molecular flexibility index (Phi) is 1.36. The maximum absolute atomic E-state index is 10.1. The summed E-state index contributed by atoms with van der Waals surface area (Å²) in [5.41, 5.74) is 0. The van der Waals surface area contributed by atoms with Crippen molar-refractivity contribution in [3.05, 3.63) is 18.3 Å². The van der Waals surface area contributed by atoms with E-state index in [4.69, 9.17) is 1.37 Å². The molecule has 0 atom stereocenters. The van der Waals surface area contributed by atoms with Gasteiger partial charge in [-0.25, -0.2) is 0 Å². The predicted octanol–water partition coefficient (Wildman–Crippen LogP) is 0.0449. The summed E-state index contributed by atoms with van der Waals surface area (Å²) in [5.74, 6) is 0.294. The minimum atomic E-state index is -0.888. The van der Waals surface area contributed by atoms with E-state index in [9.17, 15) is 4.79 Å². The SMILES string of the molecule is [3H]C(=O)Nc1cccnn1. The molecule has 9 heavy (non-hydrogen) atoms. The normalized spacial score (nSPS) is 10.0. The first-order valence-electron chi connectivity index (χ1n) is 2.84. The minimum absolute atomic E-state index is 0.294. The van der Waals surface area contributed by atoms with Crippen molar-refractivity contribution in [2.24, 2.45) is 0 Å². The Balaban J connectivity index is 2.67. The highest BCUT2D eigenvalue weighted by atomic mass is 16.1. The molecule has 4 nitrogen and oxygen atoms in total. The van der Waals surface area contributed by atoms with Crippen LogP contribution in [0.2, 0.25) is 0 Å². The molecule has 0 spiro atoms. The van der Waals surface area contributed by atoms with E-state index in [0.717, 1.165) is 0 Å². The summed E-state index contributed by atoms with van der Waals surface area (Å²) >= 11 is 0. The molecule has 0 saturated carbocycles. The Hall–Kier alpha value is -1.45. The molecule has 0 aliphatic heterocycles. The van der Waals surface area contributed by atoms with Crippen LogP contribution < -0.4 is 5.32 Å². The molecule has 0 aromatic carbocycles. The highest BCUT2D eigenvalue weighted by molar-refractivity contribution is 5.68. The lowest BCUT2D eigenvalue weighted by molar-refractivity contribution is -0.105. The minimum Gasteiger partial charge on any atom is -0.312 e. The molecule has 0 bridgehead atoms. The average Bonchev–Trinajstić information content (AvgIpc) is 1.88. The van der Waals surface area contributed by atoms with Crippen molar-refractivity contribution in [2.45, 2.75) is 0 Å². The van der Waals surface area contributed by atoms with E-state index in [0.29, 0.717) is 5.82 Å². The van der Waals surface area contributed by atoms with Crippen LogP contribution in [0, 0.1) is 0 Å². The molecule has 0 aliphatic rings. The van der Waals surface area contributed by atoms with Crippen LogP contribution in [-0.4, -0.2) is 16.6 Å². The van der Waals surface area contributed by atoms with Gasteiger partial charge in [0.05, 0.1) is 0 Å². The molecule has 1 N–H and O–H groups in total. The van der Waals surface area contributed by atoms with Gasteiger partial charge in [-0.05, 0) is 12.1 Å². The van der Waals surface area contributed by atoms with E-state index in [2.05, 4.69) is 15.5 Å². The van der Waals surface area contributed by atoms with Crippen molar-refractivity contribution >= 4 is 12.2 Å². The molecule has 0 aliphatic carbocycles. The number of anilines is 1. The summed E-state index contributed by atoms with van der Waals surface area (Å²) < 4.78 is 6.50. The second-order valence-corrected chi connectivity index (χ2v) is 1.34. The number of amides is 1. The van der Waals surface area contributed by atoms with Gasteiger partial charge in [0, 0.05) is 6.20 Å². The van der Waals surface area contributed by atoms with Crippen molar-refractivity contribution in [3.8, 4) is 0 Å². The predicted molar refractivity (Wildman–Crippen MR) is 31.7 cm³/mol. The fourth-order valence-electron chi connectivity index (χ4n) is 0.420. The zero-order chi connectivity index (χ0) is 7.40. The van der Waals surface area contributed by atoms with Gasteiger partial charge in [0.15, 0.2) is 5.82 Å². The van der Waals surface area contributed by atoms with E-state index >= 15 is 0 Å². The summed E-state index contributed by atoms with van der Waals surface area (Å²) in [6, 6.07) is 3.18. The maximum atomic E-state index is 10.1. The maximum Gasteiger partial charge on any atom is 0.212 e. The largest absolute Gasteiger partial charge is 0.312 e. The number of aromatic nitrogens is 2. The number of nitrogens with one attached hydrogen (secondary N) is 1. The van der Waals surface area contributed by atoms with Crippen LogP contribution in [-0.2, 0) is 4.79 Å². The third-order valence-corrected chi connectivity index (χ3v) is 0.751. The van der Waals surface area contributed by atoms with Gasteiger partial charge in [-0.1, -0.05) is 0 Å². The van der Waals surface area contributed by atoms with Gasteiger partial charge in [-0.15, -0.1) is 5.10 Å². The van der Waals surface area contributed by atoms with Crippen molar-refractivity contribution in [1.82, 2.24) is 10.2 Å². The zero-order valence-corrected chi connectivity index (χ0v) is 4.53. The highest BCUT2D eigenvalue weighted by Crippen LogP contribution is 1.93. The Morgan fingerprint density at radius 3 is 3.33 bits per heavy atom. The second kappa shape index (κ2) is 2.76. The van der Waals surface area contributed by atoms with Crippen molar-refractivity contribution in [1.29, 1.82) is 0 Å². The highest BCUT2D eigenvalue weighted by Gasteiger charge is 1.84. The van der Waals surface area contributed by atoms with Crippen LogP contribution in [0.25, 0.3) is 0 Å². The van der Waals surface area contributed by atoms with Gasteiger partial charge in [-0.2, -0.15) is 5.10 Å². The van der Waals surface area contributed by atoms with E-state index in [1.54, 1.807) is 12.1 Å². The molecule has 1 aromatic heterocycles. The number of nitrogens with zero attached hydrogens (tertiary/aromatic N) is 2. The molecule has 0 saturated heterocycles. The standard InChI is InChI=1S/C5H5N3O/c9-4-6-5-2-1-3-7-8-5/h1-4H,(H,6,8,9)/i4T. The van der Waals surface area contributed by atoms with E-state index < -0.39 is 6.39 Å². The lowest BCUT2D eigenvalue weighted by atomic mass is 10.5. The van der Waals surface area contributed by atoms with Crippen molar-refractivity contribution < 1.29 is 6.17 Å². The molecule has 0 fully saturated rings. The summed E-state index contributed by atoms with van der Waals surface area (Å²) in [6.07, 6.45) is 0.597.